The van der Waals surface area contributed by atoms with Crippen LogP contribution in [-0.2, 0) is 25.1 Å². The van der Waals surface area contributed by atoms with Crippen LogP contribution in [0.1, 0.15) is 24.0 Å². The van der Waals surface area contributed by atoms with E-state index >= 15 is 0 Å². The number of aromatic nitrogens is 4. The summed E-state index contributed by atoms with van der Waals surface area (Å²) in [7, 11) is 0. The number of alkyl halides is 3. The summed E-state index contributed by atoms with van der Waals surface area (Å²) in [6.07, 6.45) is -4.43. The number of hydrogen-bond donors (Lipinski definition) is 0. The van der Waals surface area contributed by atoms with Gasteiger partial charge in [0.05, 0.1) is 11.3 Å². The summed E-state index contributed by atoms with van der Waals surface area (Å²) in [5, 5.41) is 12.0. The maximum atomic E-state index is 12.9. The molecule has 0 amide bonds. The van der Waals surface area contributed by atoms with Gasteiger partial charge >= 0.3 is 6.18 Å². The highest BCUT2D eigenvalue weighted by Gasteiger charge is 2.30. The molecular weight excluding hydrogens is 501 g/mol. The Balaban J connectivity index is 1.22. The van der Waals surface area contributed by atoms with Gasteiger partial charge in [0.1, 0.15) is 17.4 Å². The molecule has 35 heavy (non-hydrogen) atoms. The van der Waals surface area contributed by atoms with Crippen LogP contribution in [0.2, 0.25) is 0 Å². The summed E-state index contributed by atoms with van der Waals surface area (Å²) < 4.78 is 57.0. The molecule has 0 saturated heterocycles. The maximum absolute atomic E-state index is 12.9. The van der Waals surface area contributed by atoms with E-state index in [1.165, 1.54) is 23.9 Å². The molecule has 7 nitrogen and oxygen atoms in total. The summed E-state index contributed by atoms with van der Waals surface area (Å²) in [6, 6.07) is 10.5. The lowest BCUT2D eigenvalue weighted by Crippen LogP contribution is -2.08. The van der Waals surface area contributed by atoms with Gasteiger partial charge in [-0.1, -0.05) is 17.8 Å². The molecule has 2 aromatic heterocycles. The van der Waals surface area contributed by atoms with Gasteiger partial charge in [0, 0.05) is 23.2 Å². The third-order valence-corrected chi connectivity index (χ3v) is 7.10. The summed E-state index contributed by atoms with van der Waals surface area (Å²) in [5.41, 5.74) is 1.10. The van der Waals surface area contributed by atoms with Crippen molar-refractivity contribution < 1.29 is 27.4 Å². The largest absolute Gasteiger partial charge is 0.486 e. The van der Waals surface area contributed by atoms with Crippen LogP contribution in [-0.4, -0.2) is 26.5 Å². The minimum atomic E-state index is -4.43. The molecule has 0 atom stereocenters. The molecule has 182 valence electrons. The fraction of sp³-hybridized carbons (Fsp3) is 0.261. The van der Waals surface area contributed by atoms with E-state index in [9.17, 15) is 13.2 Å². The van der Waals surface area contributed by atoms with Crippen molar-refractivity contribution in [3.05, 3.63) is 64.9 Å². The van der Waals surface area contributed by atoms with Crippen molar-refractivity contribution in [2.45, 2.75) is 37.2 Å². The zero-order valence-corrected chi connectivity index (χ0v) is 20.0. The van der Waals surface area contributed by atoms with E-state index in [1.54, 1.807) is 11.3 Å². The van der Waals surface area contributed by atoms with E-state index in [1.807, 2.05) is 35.1 Å². The van der Waals surface area contributed by atoms with Crippen LogP contribution in [0.25, 0.3) is 10.6 Å². The second-order valence-electron chi connectivity index (χ2n) is 7.46. The number of ether oxygens (including phenoxy) is 3. The van der Waals surface area contributed by atoms with E-state index in [4.69, 9.17) is 19.2 Å². The van der Waals surface area contributed by atoms with Crippen LogP contribution >= 0.6 is 23.1 Å². The van der Waals surface area contributed by atoms with Crippen molar-refractivity contribution in [3.8, 4) is 27.8 Å². The second-order valence-corrected chi connectivity index (χ2v) is 9.26. The summed E-state index contributed by atoms with van der Waals surface area (Å²) >= 11 is 3.03. The van der Waals surface area contributed by atoms with E-state index in [0.29, 0.717) is 29.0 Å². The number of halogens is 3. The van der Waals surface area contributed by atoms with Gasteiger partial charge in [-0.25, -0.2) is 4.98 Å². The first-order valence-electron chi connectivity index (χ1n) is 10.6. The Kier molecular flexibility index (Phi) is 6.56. The average Bonchev–Trinajstić information content (AvgIpc) is 3.60. The predicted octanol–water partition coefficient (Wildman–Crippen LogP) is 6.04. The molecule has 0 radical (unpaired) electrons. The molecule has 0 unspecified atom stereocenters. The SMILES string of the molecule is CCn1c(COc2cccc(C(F)(F)F)c2)nnc1SCc1csc(-c2ccc3c(c2)OCO3)n1. The number of nitrogens with zero attached hydrogens (tertiary/aromatic N) is 4. The molecule has 4 aromatic rings. The molecule has 3 heterocycles. The molecule has 0 bridgehead atoms. The summed E-state index contributed by atoms with van der Waals surface area (Å²) in [5.74, 6) is 2.69. The molecule has 0 saturated carbocycles. The highest BCUT2D eigenvalue weighted by molar-refractivity contribution is 7.98. The first-order chi connectivity index (χ1) is 16.9. The van der Waals surface area contributed by atoms with Gasteiger partial charge in [0.2, 0.25) is 6.79 Å². The van der Waals surface area contributed by atoms with Gasteiger partial charge in [0.15, 0.2) is 22.5 Å². The highest BCUT2D eigenvalue weighted by Crippen LogP contribution is 2.37. The van der Waals surface area contributed by atoms with Crippen molar-refractivity contribution in [3.63, 3.8) is 0 Å². The summed E-state index contributed by atoms with van der Waals surface area (Å²) in [4.78, 5) is 4.71. The number of rotatable bonds is 8. The molecule has 2 aromatic carbocycles. The predicted molar refractivity (Wildman–Crippen MR) is 125 cm³/mol. The smallest absolute Gasteiger partial charge is 0.416 e. The van der Waals surface area contributed by atoms with E-state index in [2.05, 4.69) is 10.2 Å². The Morgan fingerprint density at radius 2 is 1.97 bits per heavy atom. The first kappa shape index (κ1) is 23.5. The molecule has 1 aliphatic rings. The van der Waals surface area contributed by atoms with Gasteiger partial charge in [0.25, 0.3) is 0 Å². The van der Waals surface area contributed by atoms with Crippen LogP contribution in [0, 0.1) is 0 Å². The lowest BCUT2D eigenvalue weighted by molar-refractivity contribution is -0.137. The minimum Gasteiger partial charge on any atom is -0.486 e. The van der Waals surface area contributed by atoms with Crippen molar-refractivity contribution in [2.24, 2.45) is 0 Å². The van der Waals surface area contributed by atoms with Crippen molar-refractivity contribution in [1.82, 2.24) is 19.7 Å². The zero-order valence-electron chi connectivity index (χ0n) is 18.4. The highest BCUT2D eigenvalue weighted by atomic mass is 32.2. The fourth-order valence-corrected chi connectivity index (χ4v) is 5.27. The number of hydrogen-bond acceptors (Lipinski definition) is 8. The van der Waals surface area contributed by atoms with E-state index in [0.717, 1.165) is 34.1 Å². The Morgan fingerprint density at radius 1 is 1.11 bits per heavy atom. The first-order valence-corrected chi connectivity index (χ1v) is 12.5. The van der Waals surface area contributed by atoms with Gasteiger partial charge < -0.3 is 18.8 Å². The quantitative estimate of drug-likeness (QED) is 0.262. The molecule has 0 spiro atoms. The number of benzene rings is 2. The van der Waals surface area contributed by atoms with E-state index in [-0.39, 0.29) is 19.1 Å². The topological polar surface area (TPSA) is 71.3 Å². The van der Waals surface area contributed by atoms with Crippen LogP contribution in [0.5, 0.6) is 17.2 Å². The molecule has 5 rings (SSSR count). The molecule has 0 N–H and O–H groups in total. The Hall–Kier alpha value is -3.25. The molecule has 12 heteroatoms. The van der Waals surface area contributed by atoms with Crippen molar-refractivity contribution >= 4 is 23.1 Å². The number of thiazole rings is 1. The van der Waals surface area contributed by atoms with Crippen LogP contribution in [0.3, 0.4) is 0 Å². The van der Waals surface area contributed by atoms with Crippen molar-refractivity contribution in [2.75, 3.05) is 6.79 Å². The lowest BCUT2D eigenvalue weighted by Gasteiger charge is -2.11. The van der Waals surface area contributed by atoms with E-state index < -0.39 is 11.7 Å². The van der Waals surface area contributed by atoms with Crippen LogP contribution < -0.4 is 14.2 Å². The Bertz CT molecular complexity index is 1340. The zero-order chi connectivity index (χ0) is 24.4. The molecule has 0 aliphatic carbocycles. The second kappa shape index (κ2) is 9.78. The minimum absolute atomic E-state index is 0.00761. The Morgan fingerprint density at radius 3 is 2.80 bits per heavy atom. The molecule has 0 fully saturated rings. The molecular formula is C23H19F3N4O3S2. The van der Waals surface area contributed by atoms with Gasteiger partial charge in [-0.2, -0.15) is 13.2 Å². The Labute approximate surface area is 206 Å². The summed E-state index contributed by atoms with van der Waals surface area (Å²) in [6.45, 7) is 2.77. The fourth-order valence-electron chi connectivity index (χ4n) is 3.43. The van der Waals surface area contributed by atoms with Crippen LogP contribution in [0.4, 0.5) is 13.2 Å². The van der Waals surface area contributed by atoms with Gasteiger partial charge in [-0.15, -0.1) is 21.5 Å². The standard InChI is InChI=1S/C23H19F3N4O3S2/c1-2-30-20(10-31-17-5-3-4-15(9-17)23(24,25)26)28-29-22(30)35-12-16-11-34-21(27-16)14-6-7-18-19(8-14)33-13-32-18/h3-9,11H,2,10,12-13H2,1H3. The third kappa shape index (κ3) is 5.22. The normalized spacial score (nSPS) is 12.8. The van der Waals surface area contributed by atoms with Crippen LogP contribution in [0.15, 0.2) is 53.0 Å². The molecule has 1 aliphatic heterocycles. The van der Waals surface area contributed by atoms with Crippen molar-refractivity contribution in [1.29, 1.82) is 0 Å². The third-order valence-electron chi connectivity index (χ3n) is 5.16. The number of fused-ring (bicyclic) bond motifs is 1. The maximum Gasteiger partial charge on any atom is 0.416 e. The van der Waals surface area contributed by atoms with Gasteiger partial charge in [-0.05, 0) is 43.3 Å². The number of thioether (sulfide) groups is 1. The monoisotopic (exact) mass is 520 g/mol. The lowest BCUT2D eigenvalue weighted by atomic mass is 10.2. The van der Waals surface area contributed by atoms with Gasteiger partial charge in [-0.3, -0.25) is 0 Å². The average molecular weight is 521 g/mol.